The average Bonchev–Trinajstić information content (AvgIpc) is 2.54. The molecule has 3 N–H and O–H groups in total. The third kappa shape index (κ3) is 3.49. The highest BCUT2D eigenvalue weighted by Crippen LogP contribution is 2.19. The summed E-state index contributed by atoms with van der Waals surface area (Å²) in [7, 11) is 3.34. The van der Waals surface area contributed by atoms with Crippen LogP contribution >= 0.6 is 0 Å². The number of nitrogens with two attached hydrogens (primary N) is 1. The maximum Gasteiger partial charge on any atom is 0.272 e. The number of nitrogens with zero attached hydrogens (tertiary/aromatic N) is 2. The first-order chi connectivity index (χ1) is 10.2. The van der Waals surface area contributed by atoms with Gasteiger partial charge in [0.05, 0.1) is 19.0 Å². The van der Waals surface area contributed by atoms with Gasteiger partial charge in [0, 0.05) is 19.2 Å². The lowest BCUT2D eigenvalue weighted by Crippen LogP contribution is -2.27. The molecule has 0 unspecified atom stereocenters. The smallest absolute Gasteiger partial charge is 0.272 e. The molecule has 110 valence electrons. The molecule has 0 fully saturated rings. The van der Waals surface area contributed by atoms with Gasteiger partial charge in [-0.05, 0) is 18.2 Å². The van der Waals surface area contributed by atoms with Gasteiger partial charge in [0.25, 0.3) is 5.91 Å². The number of rotatable bonds is 5. The number of pyridine rings is 1. The number of anilines is 1. The van der Waals surface area contributed by atoms with Crippen LogP contribution in [-0.4, -0.2) is 29.9 Å². The number of benzene rings is 1. The first-order valence-electron chi connectivity index (χ1n) is 6.45. The lowest BCUT2D eigenvalue weighted by Gasteiger charge is -2.18. The van der Waals surface area contributed by atoms with Crippen molar-refractivity contribution in [2.75, 3.05) is 19.6 Å². The minimum absolute atomic E-state index is 0.163. The standard InChI is InChI=1S/C15H18N4O2/c1-19(10-11-5-3-4-6-14(11)21-2)15(20)13-8-7-12(18-16)9-17-13/h3-9,18H,10,16H2,1-2H3. The second-order valence-electron chi connectivity index (χ2n) is 4.55. The Balaban J connectivity index is 2.11. The van der Waals surface area contributed by atoms with E-state index < -0.39 is 0 Å². The first kappa shape index (κ1) is 14.8. The molecule has 1 aromatic heterocycles. The Hall–Kier alpha value is -2.60. The summed E-state index contributed by atoms with van der Waals surface area (Å²) in [6.07, 6.45) is 1.52. The van der Waals surface area contributed by atoms with Crippen LogP contribution < -0.4 is 16.0 Å². The van der Waals surface area contributed by atoms with Gasteiger partial charge in [-0.15, -0.1) is 0 Å². The summed E-state index contributed by atoms with van der Waals surface area (Å²) >= 11 is 0. The van der Waals surface area contributed by atoms with Crippen molar-refractivity contribution in [3.8, 4) is 5.75 Å². The van der Waals surface area contributed by atoms with Gasteiger partial charge < -0.3 is 15.1 Å². The molecule has 2 rings (SSSR count). The third-order valence-electron chi connectivity index (χ3n) is 3.10. The van der Waals surface area contributed by atoms with Gasteiger partial charge >= 0.3 is 0 Å². The molecule has 1 heterocycles. The van der Waals surface area contributed by atoms with Crippen molar-refractivity contribution in [1.82, 2.24) is 9.88 Å². The first-order valence-corrected chi connectivity index (χ1v) is 6.45. The van der Waals surface area contributed by atoms with Crippen LogP contribution in [0, 0.1) is 0 Å². The molecule has 6 heteroatoms. The second-order valence-corrected chi connectivity index (χ2v) is 4.55. The largest absolute Gasteiger partial charge is 0.496 e. The Morgan fingerprint density at radius 2 is 2.10 bits per heavy atom. The highest BCUT2D eigenvalue weighted by atomic mass is 16.5. The summed E-state index contributed by atoms with van der Waals surface area (Å²) < 4.78 is 5.29. The van der Waals surface area contributed by atoms with E-state index in [4.69, 9.17) is 10.6 Å². The molecule has 0 aliphatic carbocycles. The molecular formula is C15H18N4O2. The topological polar surface area (TPSA) is 80.5 Å². The summed E-state index contributed by atoms with van der Waals surface area (Å²) in [4.78, 5) is 18.0. The molecule has 2 aromatic rings. The van der Waals surface area contributed by atoms with E-state index >= 15 is 0 Å². The van der Waals surface area contributed by atoms with Gasteiger partial charge in [-0.1, -0.05) is 18.2 Å². The number of hydrazine groups is 1. The third-order valence-corrected chi connectivity index (χ3v) is 3.10. The zero-order chi connectivity index (χ0) is 15.2. The monoisotopic (exact) mass is 286 g/mol. The Morgan fingerprint density at radius 3 is 2.71 bits per heavy atom. The van der Waals surface area contributed by atoms with Gasteiger partial charge in [-0.25, -0.2) is 4.98 Å². The Morgan fingerprint density at radius 1 is 1.33 bits per heavy atom. The summed E-state index contributed by atoms with van der Waals surface area (Å²) in [5.41, 5.74) is 4.43. The Bertz CT molecular complexity index is 613. The van der Waals surface area contributed by atoms with E-state index in [1.165, 1.54) is 6.20 Å². The maximum atomic E-state index is 12.3. The number of amides is 1. The predicted octanol–water partition coefficient (Wildman–Crippen LogP) is 1.65. The number of para-hydroxylation sites is 1. The van der Waals surface area contributed by atoms with Crippen molar-refractivity contribution in [2.24, 2.45) is 5.84 Å². The molecule has 0 aliphatic heterocycles. The van der Waals surface area contributed by atoms with Crippen molar-refractivity contribution >= 4 is 11.6 Å². The number of carbonyl (C=O) groups excluding carboxylic acids is 1. The van der Waals surface area contributed by atoms with E-state index in [1.807, 2.05) is 24.3 Å². The molecule has 0 saturated carbocycles. The molecule has 1 aromatic carbocycles. The lowest BCUT2D eigenvalue weighted by molar-refractivity contribution is 0.0778. The molecular weight excluding hydrogens is 268 g/mol. The van der Waals surface area contributed by atoms with Crippen LogP contribution in [0.25, 0.3) is 0 Å². The molecule has 0 bridgehead atoms. The summed E-state index contributed by atoms with van der Waals surface area (Å²) in [6, 6.07) is 10.9. The quantitative estimate of drug-likeness (QED) is 0.645. The van der Waals surface area contributed by atoms with Gasteiger partial charge in [0.1, 0.15) is 11.4 Å². The van der Waals surface area contributed by atoms with Crippen molar-refractivity contribution in [2.45, 2.75) is 6.54 Å². The van der Waals surface area contributed by atoms with Gasteiger partial charge in [-0.2, -0.15) is 0 Å². The number of nitrogens with one attached hydrogen (secondary N) is 1. The zero-order valence-electron chi connectivity index (χ0n) is 12.0. The van der Waals surface area contributed by atoms with Gasteiger partial charge in [-0.3, -0.25) is 10.6 Å². The number of aromatic nitrogens is 1. The average molecular weight is 286 g/mol. The summed E-state index contributed by atoms with van der Waals surface area (Å²) in [5, 5.41) is 0. The van der Waals surface area contributed by atoms with E-state index in [1.54, 1.807) is 31.2 Å². The number of hydrogen-bond donors (Lipinski definition) is 2. The van der Waals surface area contributed by atoms with Crippen molar-refractivity contribution in [3.63, 3.8) is 0 Å². The molecule has 0 radical (unpaired) electrons. The number of ether oxygens (including phenoxy) is 1. The van der Waals surface area contributed by atoms with Crippen LogP contribution in [0.5, 0.6) is 5.75 Å². The van der Waals surface area contributed by atoms with Crippen LogP contribution in [0.1, 0.15) is 16.1 Å². The van der Waals surface area contributed by atoms with Crippen LogP contribution in [0.2, 0.25) is 0 Å². The maximum absolute atomic E-state index is 12.3. The fourth-order valence-electron chi connectivity index (χ4n) is 1.96. The van der Waals surface area contributed by atoms with E-state index in [0.717, 1.165) is 11.3 Å². The predicted molar refractivity (Wildman–Crippen MR) is 80.8 cm³/mol. The number of nitrogen functional groups attached to an aromatic ring is 1. The SMILES string of the molecule is COc1ccccc1CN(C)C(=O)c1ccc(NN)cn1. The number of methoxy groups -OCH3 is 1. The van der Waals surface area contributed by atoms with Crippen LogP contribution in [0.3, 0.4) is 0 Å². The molecule has 0 saturated heterocycles. The minimum Gasteiger partial charge on any atom is -0.496 e. The van der Waals surface area contributed by atoms with Crippen LogP contribution in [0.15, 0.2) is 42.6 Å². The number of carbonyl (C=O) groups is 1. The molecule has 0 aliphatic rings. The number of hydrogen-bond acceptors (Lipinski definition) is 5. The van der Waals surface area contributed by atoms with Crippen molar-refractivity contribution < 1.29 is 9.53 Å². The summed E-state index contributed by atoms with van der Waals surface area (Å²) in [6.45, 7) is 0.446. The Labute approximate surface area is 123 Å². The molecule has 6 nitrogen and oxygen atoms in total. The summed E-state index contributed by atoms with van der Waals surface area (Å²) in [5.74, 6) is 5.87. The minimum atomic E-state index is -0.163. The van der Waals surface area contributed by atoms with Crippen LogP contribution in [0.4, 0.5) is 5.69 Å². The van der Waals surface area contributed by atoms with E-state index in [9.17, 15) is 4.79 Å². The Kier molecular flexibility index (Phi) is 4.73. The van der Waals surface area contributed by atoms with Crippen molar-refractivity contribution in [1.29, 1.82) is 0 Å². The molecule has 0 atom stereocenters. The molecule has 1 amide bonds. The van der Waals surface area contributed by atoms with Gasteiger partial charge in [0.2, 0.25) is 0 Å². The van der Waals surface area contributed by atoms with Crippen LogP contribution in [-0.2, 0) is 6.54 Å². The molecule has 21 heavy (non-hydrogen) atoms. The normalized spacial score (nSPS) is 10.0. The van der Waals surface area contributed by atoms with Crippen molar-refractivity contribution in [3.05, 3.63) is 53.9 Å². The van der Waals surface area contributed by atoms with E-state index in [0.29, 0.717) is 17.9 Å². The lowest BCUT2D eigenvalue weighted by atomic mass is 10.2. The zero-order valence-corrected chi connectivity index (χ0v) is 12.0. The fraction of sp³-hybridized carbons (Fsp3) is 0.200. The molecule has 0 spiro atoms. The van der Waals surface area contributed by atoms with Gasteiger partial charge in [0.15, 0.2) is 0 Å². The van der Waals surface area contributed by atoms with E-state index in [-0.39, 0.29) is 5.91 Å². The highest BCUT2D eigenvalue weighted by Gasteiger charge is 2.15. The fourth-order valence-corrected chi connectivity index (χ4v) is 1.96. The highest BCUT2D eigenvalue weighted by molar-refractivity contribution is 5.92. The second kappa shape index (κ2) is 6.71. The van der Waals surface area contributed by atoms with E-state index in [2.05, 4.69) is 10.4 Å².